The van der Waals surface area contributed by atoms with Crippen LogP contribution < -0.4 is 21.7 Å². The van der Waals surface area contributed by atoms with E-state index in [1.807, 2.05) is 48.5 Å². The van der Waals surface area contributed by atoms with Gasteiger partial charge < -0.3 is 41.9 Å². The molecular weight excluding hydrogens is 560 g/mol. The van der Waals surface area contributed by atoms with Gasteiger partial charge in [0.1, 0.15) is 18.1 Å². The van der Waals surface area contributed by atoms with E-state index in [4.69, 9.17) is 5.73 Å². The fourth-order valence-corrected chi connectivity index (χ4v) is 4.99. The molecule has 222 valence electrons. The molecule has 2 heterocycles. The molecule has 2 aromatic carbocycles. The lowest BCUT2D eigenvalue weighted by molar-refractivity contribution is -0.142. The number of aromatic nitrogens is 2. The number of nitrogens with two attached hydrogens (primary N) is 1. The monoisotopic (exact) mass is 594 g/mol. The molecule has 0 aliphatic carbocycles. The summed E-state index contributed by atoms with van der Waals surface area (Å²) in [5, 5.41) is 28.8. The van der Waals surface area contributed by atoms with E-state index in [9.17, 15) is 29.4 Å². The Morgan fingerprint density at radius 2 is 1.33 bits per heavy atom. The number of hydrogen-bond acceptors (Lipinski definition) is 7. The number of aliphatic hydroxyl groups excluding tert-OH is 1. The molecule has 0 radical (unpaired) electrons. The number of aliphatic carboxylic acids is 1. The number of thiol groups is 1. The van der Waals surface area contributed by atoms with Crippen molar-refractivity contribution >= 4 is 58.1 Å². The number of aromatic amines is 2. The smallest absolute Gasteiger partial charge is 0.327 e. The highest BCUT2D eigenvalue weighted by Crippen LogP contribution is 2.21. The van der Waals surface area contributed by atoms with Gasteiger partial charge in [0.15, 0.2) is 0 Å². The van der Waals surface area contributed by atoms with Crippen LogP contribution in [0.1, 0.15) is 18.1 Å². The number of fused-ring (bicyclic) bond motifs is 2. The quantitative estimate of drug-likeness (QED) is 0.101. The predicted molar refractivity (Wildman–Crippen MR) is 161 cm³/mol. The fourth-order valence-electron chi connectivity index (χ4n) is 4.74. The number of carboxylic acids is 1. The van der Waals surface area contributed by atoms with E-state index in [0.717, 1.165) is 32.9 Å². The Labute approximate surface area is 246 Å². The van der Waals surface area contributed by atoms with Crippen LogP contribution in [0.3, 0.4) is 0 Å². The van der Waals surface area contributed by atoms with E-state index in [1.165, 1.54) is 6.92 Å². The highest BCUT2D eigenvalue weighted by molar-refractivity contribution is 7.80. The number of carbonyl (C=O) groups excluding carboxylic acids is 3. The third kappa shape index (κ3) is 7.11. The van der Waals surface area contributed by atoms with Crippen molar-refractivity contribution in [2.24, 2.45) is 5.73 Å². The van der Waals surface area contributed by atoms with Crippen LogP contribution in [0.5, 0.6) is 0 Å². The van der Waals surface area contributed by atoms with Crippen molar-refractivity contribution in [3.8, 4) is 0 Å². The van der Waals surface area contributed by atoms with Gasteiger partial charge in [-0.1, -0.05) is 36.4 Å². The lowest BCUT2D eigenvalue weighted by atomic mass is 10.0. The summed E-state index contributed by atoms with van der Waals surface area (Å²) >= 11 is 3.93. The zero-order valence-electron chi connectivity index (χ0n) is 22.8. The van der Waals surface area contributed by atoms with Crippen molar-refractivity contribution in [1.29, 1.82) is 0 Å². The highest BCUT2D eigenvalue weighted by Gasteiger charge is 2.33. The molecule has 3 amide bonds. The summed E-state index contributed by atoms with van der Waals surface area (Å²) < 4.78 is 0. The third-order valence-corrected chi connectivity index (χ3v) is 7.41. The largest absolute Gasteiger partial charge is 0.480 e. The summed E-state index contributed by atoms with van der Waals surface area (Å²) in [6.45, 7) is 1.28. The molecule has 0 saturated heterocycles. The summed E-state index contributed by atoms with van der Waals surface area (Å²) in [7, 11) is 0. The van der Waals surface area contributed by atoms with Crippen molar-refractivity contribution in [2.45, 2.75) is 50.0 Å². The van der Waals surface area contributed by atoms with Gasteiger partial charge in [0.25, 0.3) is 0 Å². The van der Waals surface area contributed by atoms with Gasteiger partial charge in [-0.3, -0.25) is 14.4 Å². The molecule has 12 nitrogen and oxygen atoms in total. The maximum atomic E-state index is 13.6. The number of hydrogen-bond donors (Lipinski definition) is 9. The Morgan fingerprint density at radius 1 is 0.810 bits per heavy atom. The zero-order chi connectivity index (χ0) is 30.4. The SMILES string of the molecule is CC(O)C(NC(=O)C(Cc1c[nH]c2ccccc12)NC(=O)C(N)Cc1c[nH]c2ccccc12)C(=O)NC(CS)C(=O)O. The molecule has 4 aromatic rings. The van der Waals surface area contributed by atoms with Crippen LogP contribution in [0.25, 0.3) is 21.8 Å². The first-order valence-electron chi connectivity index (χ1n) is 13.4. The van der Waals surface area contributed by atoms with Crippen molar-refractivity contribution < 1.29 is 29.4 Å². The molecule has 13 heteroatoms. The predicted octanol–water partition coefficient (Wildman–Crippen LogP) is 0.611. The van der Waals surface area contributed by atoms with E-state index < -0.39 is 54.0 Å². The van der Waals surface area contributed by atoms with Crippen molar-refractivity contribution in [1.82, 2.24) is 25.9 Å². The number of benzene rings is 2. The first-order chi connectivity index (χ1) is 20.1. The van der Waals surface area contributed by atoms with Crippen LogP contribution in [0.4, 0.5) is 0 Å². The molecule has 0 bridgehead atoms. The number of nitrogens with one attached hydrogen (secondary N) is 5. The van der Waals surface area contributed by atoms with Crippen LogP contribution in [0, 0.1) is 0 Å². The zero-order valence-corrected chi connectivity index (χ0v) is 23.7. The average molecular weight is 595 g/mol. The maximum absolute atomic E-state index is 13.6. The number of carbonyl (C=O) groups is 4. The van der Waals surface area contributed by atoms with Gasteiger partial charge in [0.05, 0.1) is 12.1 Å². The maximum Gasteiger partial charge on any atom is 0.327 e. The number of rotatable bonds is 13. The molecule has 0 spiro atoms. The van der Waals surface area contributed by atoms with Crippen molar-refractivity contribution in [3.05, 3.63) is 72.1 Å². The molecule has 5 unspecified atom stereocenters. The minimum Gasteiger partial charge on any atom is -0.480 e. The first kappa shape index (κ1) is 30.6. The Bertz CT molecular complexity index is 1580. The highest BCUT2D eigenvalue weighted by atomic mass is 32.1. The third-order valence-electron chi connectivity index (χ3n) is 7.04. The van der Waals surface area contributed by atoms with Crippen molar-refractivity contribution in [2.75, 3.05) is 5.75 Å². The number of aliphatic hydroxyl groups is 1. The van der Waals surface area contributed by atoms with Crippen LogP contribution in [-0.4, -0.2) is 79.9 Å². The normalized spacial score (nSPS) is 15.0. The molecule has 5 atom stereocenters. The van der Waals surface area contributed by atoms with Crippen molar-refractivity contribution in [3.63, 3.8) is 0 Å². The second-order valence-electron chi connectivity index (χ2n) is 10.1. The van der Waals surface area contributed by atoms with Gasteiger partial charge in [0.2, 0.25) is 17.7 Å². The minimum absolute atomic E-state index is 0.0456. The number of carboxylic acid groups (broad SMARTS) is 1. The number of H-pyrrole nitrogens is 2. The summed E-state index contributed by atoms with van der Waals surface area (Å²) in [4.78, 5) is 57.3. The molecule has 4 rings (SSSR count). The van der Waals surface area contributed by atoms with E-state index in [-0.39, 0.29) is 18.6 Å². The Kier molecular flexibility index (Phi) is 9.88. The van der Waals surface area contributed by atoms with Gasteiger partial charge in [0, 0.05) is 46.4 Å². The van der Waals surface area contributed by atoms with Gasteiger partial charge in [-0.2, -0.15) is 12.6 Å². The topological polar surface area (TPSA) is 202 Å². The first-order valence-corrected chi connectivity index (χ1v) is 14.0. The van der Waals surface area contributed by atoms with Crippen LogP contribution >= 0.6 is 12.6 Å². The molecule has 42 heavy (non-hydrogen) atoms. The second kappa shape index (κ2) is 13.6. The molecule has 0 aliphatic rings. The number of para-hydroxylation sites is 2. The van der Waals surface area contributed by atoms with E-state index in [1.54, 1.807) is 12.4 Å². The van der Waals surface area contributed by atoms with Crippen LogP contribution in [-0.2, 0) is 32.0 Å². The lowest BCUT2D eigenvalue weighted by Gasteiger charge is -2.26. The van der Waals surface area contributed by atoms with Gasteiger partial charge in [-0.05, 0) is 36.6 Å². The van der Waals surface area contributed by atoms with Gasteiger partial charge in [-0.15, -0.1) is 0 Å². The van der Waals surface area contributed by atoms with E-state index in [0.29, 0.717) is 0 Å². The summed E-state index contributed by atoms with van der Waals surface area (Å²) in [5.74, 6) is -3.77. The van der Waals surface area contributed by atoms with Crippen LogP contribution in [0.15, 0.2) is 60.9 Å². The second-order valence-corrected chi connectivity index (χ2v) is 10.5. The summed E-state index contributed by atoms with van der Waals surface area (Å²) in [6.07, 6.45) is 2.39. The molecule has 0 aliphatic heterocycles. The Hall–Kier alpha value is -4.33. The minimum atomic E-state index is -1.50. The van der Waals surface area contributed by atoms with E-state index >= 15 is 0 Å². The molecule has 9 N–H and O–H groups in total. The fraction of sp³-hybridized carbons (Fsp3) is 0.310. The molecule has 2 aromatic heterocycles. The van der Waals surface area contributed by atoms with E-state index in [2.05, 4.69) is 38.5 Å². The standard InChI is InChI=1S/C29H34N6O6S/c1-15(36)25(28(39)34-24(14-42)29(40)41)35-27(38)23(11-17-13-32-22-9-5-3-7-19(17)22)33-26(37)20(30)10-16-12-31-21-8-4-2-6-18(16)21/h2-9,12-13,15,20,23-25,31-32,36,42H,10-11,14,30H2,1H3,(H,33,37)(H,34,39)(H,35,38)(H,40,41). The summed E-state index contributed by atoms with van der Waals surface area (Å²) in [6, 6.07) is 10.1. The Morgan fingerprint density at radius 3 is 1.86 bits per heavy atom. The number of amides is 3. The van der Waals surface area contributed by atoms with Gasteiger partial charge in [-0.25, -0.2) is 4.79 Å². The molecule has 0 fully saturated rings. The lowest BCUT2D eigenvalue weighted by Crippen LogP contribution is -2.60. The Balaban J connectivity index is 1.54. The molecular formula is C29H34N6O6S. The van der Waals surface area contributed by atoms with Crippen LogP contribution in [0.2, 0.25) is 0 Å². The molecule has 0 saturated carbocycles. The average Bonchev–Trinajstić information content (AvgIpc) is 3.57. The van der Waals surface area contributed by atoms with Gasteiger partial charge >= 0.3 is 5.97 Å². The summed E-state index contributed by atoms with van der Waals surface area (Å²) in [5.41, 5.74) is 9.59.